The van der Waals surface area contributed by atoms with Crippen LogP contribution in [0, 0.1) is 5.92 Å². The summed E-state index contributed by atoms with van der Waals surface area (Å²) in [6.07, 6.45) is -2.69. The molecule has 1 fully saturated rings. The van der Waals surface area contributed by atoms with Crippen LogP contribution in [0.4, 0.5) is 13.2 Å². The maximum absolute atomic E-state index is 12.4. The summed E-state index contributed by atoms with van der Waals surface area (Å²) in [6.45, 7) is 0. The first-order valence-corrected chi connectivity index (χ1v) is 6.50. The molecule has 0 spiro atoms. The molecule has 1 aliphatic rings. The van der Waals surface area contributed by atoms with Crippen molar-refractivity contribution in [2.75, 3.05) is 0 Å². The van der Waals surface area contributed by atoms with E-state index in [0.29, 0.717) is 19.3 Å². The van der Waals surface area contributed by atoms with Crippen molar-refractivity contribution in [1.29, 1.82) is 0 Å². The molecule has 21 heavy (non-hydrogen) atoms. The van der Waals surface area contributed by atoms with Gasteiger partial charge in [0.25, 0.3) is 5.91 Å². The third-order valence-electron chi connectivity index (χ3n) is 3.62. The van der Waals surface area contributed by atoms with Crippen LogP contribution in [0.25, 0.3) is 0 Å². The highest BCUT2D eigenvalue weighted by Crippen LogP contribution is 2.29. The van der Waals surface area contributed by atoms with E-state index in [0.717, 1.165) is 24.3 Å². The van der Waals surface area contributed by atoms with Gasteiger partial charge >= 0.3 is 12.1 Å². The van der Waals surface area contributed by atoms with Crippen LogP contribution >= 0.6 is 0 Å². The lowest BCUT2D eigenvalue weighted by Crippen LogP contribution is -2.40. The SMILES string of the molecule is O=C(N[C@H]1CCC[C@H]1C(=O)O)c1ccc(C(F)(F)F)cc1. The molecule has 0 heterocycles. The Balaban J connectivity index is 2.05. The van der Waals surface area contributed by atoms with Gasteiger partial charge in [-0.15, -0.1) is 0 Å². The van der Waals surface area contributed by atoms with Gasteiger partial charge < -0.3 is 10.4 Å². The summed E-state index contributed by atoms with van der Waals surface area (Å²) in [5.74, 6) is -2.16. The predicted molar refractivity (Wildman–Crippen MR) is 67.7 cm³/mol. The number of carbonyl (C=O) groups is 2. The molecule has 0 bridgehead atoms. The van der Waals surface area contributed by atoms with Crippen LogP contribution < -0.4 is 5.32 Å². The zero-order valence-corrected chi connectivity index (χ0v) is 11.0. The number of amides is 1. The molecule has 7 heteroatoms. The molecule has 1 aromatic rings. The lowest BCUT2D eigenvalue weighted by Gasteiger charge is -2.17. The Morgan fingerprint density at radius 2 is 1.76 bits per heavy atom. The van der Waals surface area contributed by atoms with Crippen LogP contribution in [0.1, 0.15) is 35.2 Å². The first-order chi connectivity index (χ1) is 9.79. The topological polar surface area (TPSA) is 66.4 Å². The zero-order chi connectivity index (χ0) is 15.6. The number of carboxylic acids is 1. The van der Waals surface area contributed by atoms with Crippen molar-refractivity contribution in [3.63, 3.8) is 0 Å². The van der Waals surface area contributed by atoms with Gasteiger partial charge in [-0.2, -0.15) is 13.2 Å². The molecule has 2 N–H and O–H groups in total. The first kappa shape index (κ1) is 15.3. The number of carboxylic acid groups (broad SMARTS) is 1. The van der Waals surface area contributed by atoms with Gasteiger partial charge in [-0.05, 0) is 37.1 Å². The quantitative estimate of drug-likeness (QED) is 0.902. The fourth-order valence-electron chi connectivity index (χ4n) is 2.49. The van der Waals surface area contributed by atoms with E-state index < -0.39 is 35.6 Å². The first-order valence-electron chi connectivity index (χ1n) is 6.50. The van der Waals surface area contributed by atoms with Gasteiger partial charge in [0.05, 0.1) is 11.5 Å². The highest BCUT2D eigenvalue weighted by atomic mass is 19.4. The van der Waals surface area contributed by atoms with Gasteiger partial charge in [0, 0.05) is 11.6 Å². The Bertz CT molecular complexity index is 539. The Morgan fingerprint density at radius 1 is 1.14 bits per heavy atom. The van der Waals surface area contributed by atoms with E-state index in [4.69, 9.17) is 5.11 Å². The molecule has 0 aromatic heterocycles. The van der Waals surface area contributed by atoms with Crippen LogP contribution in [0.3, 0.4) is 0 Å². The van der Waals surface area contributed by atoms with Gasteiger partial charge in [-0.3, -0.25) is 9.59 Å². The molecule has 4 nitrogen and oxygen atoms in total. The van der Waals surface area contributed by atoms with E-state index in [-0.39, 0.29) is 5.56 Å². The van der Waals surface area contributed by atoms with Gasteiger partial charge in [-0.1, -0.05) is 6.42 Å². The van der Waals surface area contributed by atoms with E-state index in [1.165, 1.54) is 0 Å². The molecule has 0 unspecified atom stereocenters. The molecule has 2 rings (SSSR count). The molecular weight excluding hydrogens is 287 g/mol. The molecule has 1 aliphatic carbocycles. The number of alkyl halides is 3. The lowest BCUT2D eigenvalue weighted by atomic mass is 10.0. The van der Waals surface area contributed by atoms with Gasteiger partial charge in [0.2, 0.25) is 0 Å². The Morgan fingerprint density at radius 3 is 2.29 bits per heavy atom. The monoisotopic (exact) mass is 301 g/mol. The number of halogens is 3. The molecule has 1 saturated carbocycles. The average molecular weight is 301 g/mol. The second kappa shape index (κ2) is 5.75. The second-order valence-electron chi connectivity index (χ2n) is 5.03. The minimum absolute atomic E-state index is 0.0824. The molecule has 0 aliphatic heterocycles. The molecule has 0 radical (unpaired) electrons. The van der Waals surface area contributed by atoms with Crippen molar-refractivity contribution in [2.24, 2.45) is 5.92 Å². The van der Waals surface area contributed by atoms with E-state index in [2.05, 4.69) is 5.32 Å². The minimum Gasteiger partial charge on any atom is -0.481 e. The van der Waals surface area contributed by atoms with E-state index in [1.807, 2.05) is 0 Å². The summed E-state index contributed by atoms with van der Waals surface area (Å²) in [4.78, 5) is 23.0. The highest BCUT2D eigenvalue weighted by Gasteiger charge is 2.34. The average Bonchev–Trinajstić information content (AvgIpc) is 2.86. The minimum atomic E-state index is -4.45. The third-order valence-corrected chi connectivity index (χ3v) is 3.62. The summed E-state index contributed by atoms with van der Waals surface area (Å²) in [7, 11) is 0. The number of carbonyl (C=O) groups excluding carboxylic acids is 1. The summed E-state index contributed by atoms with van der Waals surface area (Å²) < 4.78 is 37.3. The van der Waals surface area contributed by atoms with Gasteiger partial charge in [-0.25, -0.2) is 0 Å². The smallest absolute Gasteiger partial charge is 0.416 e. The number of hydrogen-bond donors (Lipinski definition) is 2. The standard InChI is InChI=1S/C14H14F3NO3/c15-14(16,17)9-6-4-8(5-7-9)12(19)18-11-3-1-2-10(11)13(20)21/h4-7,10-11H,1-3H2,(H,18,19)(H,20,21)/t10-,11+/m1/s1. The maximum Gasteiger partial charge on any atom is 0.416 e. The van der Waals surface area contributed by atoms with Crippen molar-refractivity contribution in [2.45, 2.75) is 31.5 Å². The van der Waals surface area contributed by atoms with E-state index in [9.17, 15) is 22.8 Å². The van der Waals surface area contributed by atoms with Gasteiger partial charge in [0.1, 0.15) is 0 Å². The fourth-order valence-corrected chi connectivity index (χ4v) is 2.49. The number of hydrogen-bond acceptors (Lipinski definition) is 2. The maximum atomic E-state index is 12.4. The van der Waals surface area contributed by atoms with Crippen LogP contribution in [0.2, 0.25) is 0 Å². The number of nitrogens with one attached hydrogen (secondary N) is 1. The largest absolute Gasteiger partial charge is 0.481 e. The summed E-state index contributed by atoms with van der Waals surface area (Å²) in [5.41, 5.74) is -0.748. The summed E-state index contributed by atoms with van der Waals surface area (Å²) in [6, 6.07) is 3.36. The van der Waals surface area contributed by atoms with E-state index in [1.54, 1.807) is 0 Å². The van der Waals surface area contributed by atoms with Crippen molar-refractivity contribution >= 4 is 11.9 Å². The third kappa shape index (κ3) is 3.53. The molecule has 0 saturated heterocycles. The van der Waals surface area contributed by atoms with Crippen LogP contribution in [0.5, 0.6) is 0 Å². The fraction of sp³-hybridized carbons (Fsp3) is 0.429. The zero-order valence-electron chi connectivity index (χ0n) is 11.0. The Hall–Kier alpha value is -2.05. The van der Waals surface area contributed by atoms with Gasteiger partial charge in [0.15, 0.2) is 0 Å². The van der Waals surface area contributed by atoms with Crippen LogP contribution in [0.15, 0.2) is 24.3 Å². The van der Waals surface area contributed by atoms with Crippen LogP contribution in [-0.4, -0.2) is 23.0 Å². The lowest BCUT2D eigenvalue weighted by molar-refractivity contribution is -0.142. The van der Waals surface area contributed by atoms with E-state index >= 15 is 0 Å². The summed E-state index contributed by atoms with van der Waals surface area (Å²) >= 11 is 0. The molecule has 1 amide bonds. The normalized spacial score (nSPS) is 22.0. The molecule has 114 valence electrons. The van der Waals surface area contributed by atoms with Crippen molar-refractivity contribution < 1.29 is 27.9 Å². The predicted octanol–water partition coefficient (Wildman–Crippen LogP) is 2.69. The second-order valence-corrected chi connectivity index (χ2v) is 5.03. The summed E-state index contributed by atoms with van der Waals surface area (Å²) in [5, 5.41) is 11.6. The number of rotatable bonds is 3. The Kier molecular flexibility index (Phi) is 4.20. The molecular formula is C14H14F3NO3. The van der Waals surface area contributed by atoms with Crippen molar-refractivity contribution in [3.8, 4) is 0 Å². The number of aliphatic carboxylic acids is 1. The number of benzene rings is 1. The Labute approximate surface area is 119 Å². The highest BCUT2D eigenvalue weighted by molar-refractivity contribution is 5.94. The van der Waals surface area contributed by atoms with Crippen molar-refractivity contribution in [1.82, 2.24) is 5.32 Å². The molecule has 2 atom stereocenters. The van der Waals surface area contributed by atoms with Crippen molar-refractivity contribution in [3.05, 3.63) is 35.4 Å². The molecule has 1 aromatic carbocycles. The van der Waals surface area contributed by atoms with Crippen LogP contribution in [-0.2, 0) is 11.0 Å².